The molecule has 0 aliphatic carbocycles. The quantitative estimate of drug-likeness (QED) is 0.276. The second-order valence-corrected chi connectivity index (χ2v) is 7.53. The molecule has 0 radical (unpaired) electrons. The molecule has 0 saturated carbocycles. The predicted octanol–water partition coefficient (Wildman–Crippen LogP) is 6.04. The molecule has 2 aliphatic heterocycles. The lowest BCUT2D eigenvalue weighted by Crippen LogP contribution is -2.14. The zero-order valence-electron chi connectivity index (χ0n) is 16.3. The highest BCUT2D eigenvalue weighted by molar-refractivity contribution is 5.52. The summed E-state index contributed by atoms with van der Waals surface area (Å²) < 4.78 is 18.4. The molecule has 1 saturated heterocycles. The first-order valence-electron chi connectivity index (χ1n) is 10.0. The molecule has 5 rings (SSSR count). The maximum absolute atomic E-state index is 8.85. The molecule has 3 aromatic rings. The van der Waals surface area contributed by atoms with Crippen molar-refractivity contribution in [3.05, 3.63) is 105 Å². The van der Waals surface area contributed by atoms with Crippen molar-refractivity contribution in [1.82, 2.24) is 0 Å². The molecule has 3 atom stereocenters. The zero-order valence-corrected chi connectivity index (χ0v) is 16.3. The van der Waals surface area contributed by atoms with Gasteiger partial charge >= 0.3 is 0 Å². The van der Waals surface area contributed by atoms with E-state index in [2.05, 4.69) is 10.0 Å². The van der Waals surface area contributed by atoms with Gasteiger partial charge in [-0.3, -0.25) is 0 Å². The summed E-state index contributed by atoms with van der Waals surface area (Å²) in [5, 5.41) is 3.91. The zero-order chi connectivity index (χ0) is 20.3. The van der Waals surface area contributed by atoms with Crippen LogP contribution < -0.4 is 9.47 Å². The maximum atomic E-state index is 8.85. The van der Waals surface area contributed by atoms with E-state index in [0.717, 1.165) is 22.3 Å². The van der Waals surface area contributed by atoms with E-state index >= 15 is 0 Å². The Kier molecular flexibility index (Phi) is 5.01. The summed E-state index contributed by atoms with van der Waals surface area (Å²) >= 11 is 0. The SMILES string of the molecule is [N-]=[N+]=N[C@@H]1C[C@@H]2O[C@H]1c1cc(OCc3ccccc3)c(OCc3ccccc3)cc12. The molecule has 0 unspecified atom stereocenters. The molecule has 2 aliphatic rings. The number of rotatable bonds is 7. The summed E-state index contributed by atoms with van der Waals surface area (Å²) in [4.78, 5) is 2.98. The number of hydrogen-bond acceptors (Lipinski definition) is 4. The molecular formula is C24H21N3O3. The Bertz CT molecular complexity index is 1080. The fourth-order valence-corrected chi connectivity index (χ4v) is 4.13. The molecule has 0 aromatic heterocycles. The van der Waals surface area contributed by atoms with Crippen LogP contribution >= 0.6 is 0 Å². The van der Waals surface area contributed by atoms with Gasteiger partial charge in [-0.15, -0.1) is 0 Å². The van der Waals surface area contributed by atoms with Gasteiger partial charge in [0.1, 0.15) is 13.2 Å². The van der Waals surface area contributed by atoms with Crippen LogP contribution in [0.1, 0.15) is 40.9 Å². The second-order valence-electron chi connectivity index (χ2n) is 7.53. The van der Waals surface area contributed by atoms with Crippen LogP contribution in [0, 0.1) is 0 Å². The van der Waals surface area contributed by atoms with Crippen molar-refractivity contribution in [2.24, 2.45) is 5.11 Å². The Morgan fingerprint density at radius 1 is 0.867 bits per heavy atom. The Hall–Kier alpha value is -3.47. The molecule has 3 aromatic carbocycles. The van der Waals surface area contributed by atoms with Crippen molar-refractivity contribution in [3.8, 4) is 11.5 Å². The van der Waals surface area contributed by atoms with Crippen molar-refractivity contribution in [2.75, 3.05) is 0 Å². The summed E-state index contributed by atoms with van der Waals surface area (Å²) in [5.74, 6) is 1.37. The van der Waals surface area contributed by atoms with Gasteiger partial charge in [-0.05, 0) is 46.3 Å². The molecule has 30 heavy (non-hydrogen) atoms. The first-order valence-corrected chi connectivity index (χ1v) is 10.0. The van der Waals surface area contributed by atoms with Crippen LogP contribution in [0.15, 0.2) is 77.9 Å². The molecule has 0 spiro atoms. The van der Waals surface area contributed by atoms with Gasteiger partial charge in [0.2, 0.25) is 0 Å². The van der Waals surface area contributed by atoms with Crippen LogP contribution in [0.5, 0.6) is 11.5 Å². The maximum Gasteiger partial charge on any atom is 0.162 e. The van der Waals surface area contributed by atoms with Crippen molar-refractivity contribution in [3.63, 3.8) is 0 Å². The highest BCUT2D eigenvalue weighted by atomic mass is 16.5. The Morgan fingerprint density at radius 2 is 1.43 bits per heavy atom. The fraction of sp³-hybridized carbons (Fsp3) is 0.250. The van der Waals surface area contributed by atoms with E-state index in [4.69, 9.17) is 19.7 Å². The monoisotopic (exact) mass is 399 g/mol. The average molecular weight is 399 g/mol. The highest BCUT2D eigenvalue weighted by Gasteiger charge is 2.45. The van der Waals surface area contributed by atoms with E-state index in [9.17, 15) is 0 Å². The van der Waals surface area contributed by atoms with Gasteiger partial charge in [-0.25, -0.2) is 0 Å². The normalized spacial score (nSPS) is 21.0. The Balaban J connectivity index is 1.44. The van der Waals surface area contributed by atoms with Gasteiger partial charge in [0.25, 0.3) is 0 Å². The number of azide groups is 1. The Morgan fingerprint density at radius 3 is 2.00 bits per heavy atom. The second kappa shape index (κ2) is 8.11. The van der Waals surface area contributed by atoms with Gasteiger partial charge < -0.3 is 14.2 Å². The smallest absolute Gasteiger partial charge is 0.162 e. The average Bonchev–Trinajstić information content (AvgIpc) is 3.36. The molecule has 2 bridgehead atoms. The predicted molar refractivity (Wildman–Crippen MR) is 112 cm³/mol. The summed E-state index contributed by atoms with van der Waals surface area (Å²) in [7, 11) is 0. The molecule has 6 heteroatoms. The van der Waals surface area contributed by atoms with E-state index in [0.29, 0.717) is 31.1 Å². The molecule has 1 fully saturated rings. The van der Waals surface area contributed by atoms with Crippen LogP contribution in [-0.4, -0.2) is 6.04 Å². The van der Waals surface area contributed by atoms with E-state index in [1.54, 1.807) is 0 Å². The molecule has 0 amide bonds. The minimum absolute atomic E-state index is 0.0669. The van der Waals surface area contributed by atoms with Gasteiger partial charge in [0.15, 0.2) is 11.5 Å². The summed E-state index contributed by atoms with van der Waals surface area (Å²) in [6.45, 7) is 0.897. The summed E-state index contributed by atoms with van der Waals surface area (Å²) in [6, 6.07) is 23.9. The molecular weight excluding hydrogens is 378 g/mol. The van der Waals surface area contributed by atoms with Crippen molar-refractivity contribution < 1.29 is 14.2 Å². The lowest BCUT2D eigenvalue weighted by Gasteiger charge is -2.21. The third kappa shape index (κ3) is 3.59. The van der Waals surface area contributed by atoms with Gasteiger partial charge in [-0.1, -0.05) is 65.8 Å². The van der Waals surface area contributed by atoms with E-state index in [1.165, 1.54) is 0 Å². The number of fused-ring (bicyclic) bond motifs is 5. The molecule has 150 valence electrons. The minimum Gasteiger partial charge on any atom is -0.485 e. The van der Waals surface area contributed by atoms with Gasteiger partial charge in [-0.2, -0.15) is 0 Å². The molecule has 0 N–H and O–H groups in total. The first-order chi connectivity index (χ1) is 14.8. The van der Waals surface area contributed by atoms with Crippen LogP contribution in [-0.2, 0) is 18.0 Å². The lowest BCUT2D eigenvalue weighted by molar-refractivity contribution is 0.0679. The summed E-state index contributed by atoms with van der Waals surface area (Å²) in [5.41, 5.74) is 13.1. The summed E-state index contributed by atoms with van der Waals surface area (Å²) in [6.07, 6.45) is 0.412. The van der Waals surface area contributed by atoms with Crippen molar-refractivity contribution in [2.45, 2.75) is 37.9 Å². The van der Waals surface area contributed by atoms with Crippen LogP contribution in [0.3, 0.4) is 0 Å². The number of nitrogens with zero attached hydrogens (tertiary/aromatic N) is 3. The minimum atomic E-state index is -0.219. The third-order valence-electron chi connectivity index (χ3n) is 5.59. The van der Waals surface area contributed by atoms with Crippen molar-refractivity contribution >= 4 is 0 Å². The highest BCUT2D eigenvalue weighted by Crippen LogP contribution is 2.54. The molecule has 2 heterocycles. The van der Waals surface area contributed by atoms with Gasteiger partial charge in [0.05, 0.1) is 18.2 Å². The number of ether oxygens (including phenoxy) is 3. The first kappa shape index (κ1) is 18.6. The van der Waals surface area contributed by atoms with Gasteiger partial charge in [0, 0.05) is 4.91 Å². The lowest BCUT2D eigenvalue weighted by atomic mass is 9.88. The number of benzene rings is 3. The molecule has 6 nitrogen and oxygen atoms in total. The van der Waals surface area contributed by atoms with E-state index < -0.39 is 0 Å². The van der Waals surface area contributed by atoms with Crippen molar-refractivity contribution in [1.29, 1.82) is 0 Å². The fourth-order valence-electron chi connectivity index (χ4n) is 4.13. The van der Waals surface area contributed by atoms with E-state index in [-0.39, 0.29) is 18.2 Å². The third-order valence-corrected chi connectivity index (χ3v) is 5.59. The van der Waals surface area contributed by atoms with Crippen LogP contribution in [0.25, 0.3) is 10.4 Å². The standard InChI is InChI=1S/C24H21N3O3/c25-27-26-20-13-21-18-11-22(28-14-16-7-3-1-4-8-16)23(12-19(18)24(20)30-21)29-15-17-9-5-2-6-10-17/h1-12,20-21,24H,13-15H2/t20-,21+,24+/m1/s1. The van der Waals surface area contributed by atoms with Crippen LogP contribution in [0.4, 0.5) is 0 Å². The largest absolute Gasteiger partial charge is 0.485 e. The Labute approximate surface area is 174 Å². The number of hydrogen-bond donors (Lipinski definition) is 0. The van der Waals surface area contributed by atoms with Crippen LogP contribution in [0.2, 0.25) is 0 Å². The van der Waals surface area contributed by atoms with E-state index in [1.807, 2.05) is 72.8 Å². The topological polar surface area (TPSA) is 76.5 Å².